The Morgan fingerprint density at radius 2 is 1.38 bits per heavy atom. The summed E-state index contributed by atoms with van der Waals surface area (Å²) in [6.45, 7) is 3.87. The molecule has 0 heterocycles. The Labute approximate surface area is 277 Å². The number of rotatable bonds is 18. The maximum Gasteiger partial charge on any atom is 0.255 e. The van der Waals surface area contributed by atoms with Crippen LogP contribution in [-0.2, 0) is 21.1 Å². The molecule has 1 unspecified atom stereocenters. The Balaban J connectivity index is 1.52. The van der Waals surface area contributed by atoms with Gasteiger partial charge in [0.05, 0.1) is 20.6 Å². The van der Waals surface area contributed by atoms with Crippen molar-refractivity contribution in [2.24, 2.45) is 0 Å². The molecule has 3 aromatic rings. The summed E-state index contributed by atoms with van der Waals surface area (Å²) in [6, 6.07) is 15.3. The normalized spacial score (nSPS) is 12.1. The number of carbonyl (C=O) groups is 2. The monoisotopic (exact) mass is 674 g/mol. The number of phenols is 1. The Morgan fingerprint density at radius 1 is 0.756 bits per heavy atom. The molecule has 0 aliphatic heterocycles. The van der Waals surface area contributed by atoms with Crippen LogP contribution in [0.4, 0.5) is 11.4 Å². The van der Waals surface area contributed by atoms with Gasteiger partial charge in [-0.3, -0.25) is 9.59 Å². The van der Waals surface area contributed by atoms with Crippen molar-refractivity contribution in [2.75, 3.05) is 10.6 Å². The number of benzene rings is 3. The highest BCUT2D eigenvalue weighted by molar-refractivity contribution is 7.92. The van der Waals surface area contributed by atoms with Gasteiger partial charge < -0.3 is 15.7 Å². The molecule has 0 aromatic heterocycles. The van der Waals surface area contributed by atoms with Crippen molar-refractivity contribution in [2.45, 2.75) is 101 Å². The quantitative estimate of drug-likeness (QED) is 0.0918. The molecule has 7 nitrogen and oxygen atoms in total. The number of aromatic hydroxyl groups is 1. The molecule has 0 aliphatic rings. The summed E-state index contributed by atoms with van der Waals surface area (Å²) in [5.74, 6) is -1.54. The fraction of sp³-hybridized carbons (Fsp3) is 0.429. The molecule has 10 heteroatoms. The van der Waals surface area contributed by atoms with Crippen LogP contribution in [0.3, 0.4) is 0 Å². The minimum atomic E-state index is -3.95. The lowest BCUT2D eigenvalue weighted by atomic mass is 10.0. The number of sulfone groups is 1. The zero-order valence-electron chi connectivity index (χ0n) is 26.1. The van der Waals surface area contributed by atoms with Crippen molar-refractivity contribution in [3.63, 3.8) is 0 Å². The molecule has 0 saturated heterocycles. The highest BCUT2D eigenvalue weighted by atomic mass is 35.5. The topological polar surface area (TPSA) is 113 Å². The van der Waals surface area contributed by atoms with Gasteiger partial charge in [-0.25, -0.2) is 8.42 Å². The number of phenolic OH excluding ortho intramolecular Hbond substituents is 1. The van der Waals surface area contributed by atoms with Crippen molar-refractivity contribution >= 4 is 56.2 Å². The average molecular weight is 676 g/mol. The molecule has 0 aliphatic carbocycles. The van der Waals surface area contributed by atoms with Gasteiger partial charge in [-0.15, -0.1) is 0 Å². The average Bonchev–Trinajstić information content (AvgIpc) is 3.01. The van der Waals surface area contributed by atoms with Gasteiger partial charge in [-0.05, 0) is 67.3 Å². The van der Waals surface area contributed by atoms with E-state index < -0.39 is 26.9 Å². The van der Waals surface area contributed by atoms with E-state index in [1.165, 1.54) is 87.8 Å². The van der Waals surface area contributed by atoms with Crippen LogP contribution in [0.1, 0.15) is 100 Å². The number of carbonyl (C=O) groups excluding carboxylic acids is 2. The van der Waals surface area contributed by atoms with Crippen LogP contribution in [0.15, 0.2) is 65.6 Å². The van der Waals surface area contributed by atoms with E-state index in [4.69, 9.17) is 23.2 Å². The molecule has 0 bridgehead atoms. The maximum atomic E-state index is 13.4. The Hall–Kier alpha value is -3.07. The van der Waals surface area contributed by atoms with Crippen molar-refractivity contribution in [1.29, 1.82) is 0 Å². The van der Waals surface area contributed by atoms with E-state index in [9.17, 15) is 23.1 Å². The summed E-state index contributed by atoms with van der Waals surface area (Å²) in [5.41, 5.74) is 1.60. The fourth-order valence-electron chi connectivity index (χ4n) is 5.14. The molecule has 3 aromatic carbocycles. The number of aryl methyl sites for hydroxylation is 1. The SMILES string of the molecule is CCCCCCCCCCCCc1ccc(S(=O)(=O)C(CC)C(=O)Nc2ccc(NC(=O)c3ccc(Cl)c(Cl)c3)c(O)c2)cc1. The van der Waals surface area contributed by atoms with E-state index in [1.54, 1.807) is 19.1 Å². The zero-order valence-corrected chi connectivity index (χ0v) is 28.4. The molecule has 0 saturated carbocycles. The third kappa shape index (κ3) is 11.0. The second-order valence-electron chi connectivity index (χ2n) is 11.3. The molecule has 2 amide bonds. The van der Waals surface area contributed by atoms with E-state index in [1.807, 2.05) is 12.1 Å². The number of hydrogen-bond acceptors (Lipinski definition) is 5. The summed E-state index contributed by atoms with van der Waals surface area (Å²) in [4.78, 5) is 25.8. The molecule has 0 fully saturated rings. The van der Waals surface area contributed by atoms with Gasteiger partial charge in [0.25, 0.3) is 5.91 Å². The van der Waals surface area contributed by atoms with E-state index in [-0.39, 0.29) is 39.0 Å². The first-order chi connectivity index (χ1) is 21.6. The lowest BCUT2D eigenvalue weighted by molar-refractivity contribution is -0.115. The smallest absolute Gasteiger partial charge is 0.255 e. The molecule has 3 rings (SSSR count). The van der Waals surface area contributed by atoms with Crippen molar-refractivity contribution in [1.82, 2.24) is 0 Å². The second kappa shape index (κ2) is 18.2. The van der Waals surface area contributed by atoms with Gasteiger partial charge in [-0.1, -0.05) is 107 Å². The minimum absolute atomic E-state index is 0.0678. The first-order valence-electron chi connectivity index (χ1n) is 15.8. The van der Waals surface area contributed by atoms with Crippen LogP contribution in [0.5, 0.6) is 5.75 Å². The Bertz CT molecular complexity index is 1530. The fourth-order valence-corrected chi connectivity index (χ4v) is 7.06. The van der Waals surface area contributed by atoms with Gasteiger partial charge in [0.2, 0.25) is 5.91 Å². The Morgan fingerprint density at radius 3 is 1.96 bits per heavy atom. The number of hydrogen-bond donors (Lipinski definition) is 3. The maximum absolute atomic E-state index is 13.4. The van der Waals surface area contributed by atoms with Crippen molar-refractivity contribution in [3.8, 4) is 5.75 Å². The predicted octanol–water partition coefficient (Wildman–Crippen LogP) is 9.61. The van der Waals surface area contributed by atoms with Crippen LogP contribution in [0, 0.1) is 0 Å². The first kappa shape index (κ1) is 36.4. The summed E-state index contributed by atoms with van der Waals surface area (Å²) in [6.07, 6.45) is 13.6. The van der Waals surface area contributed by atoms with Gasteiger partial charge in [0.15, 0.2) is 9.84 Å². The zero-order chi connectivity index (χ0) is 32.8. The van der Waals surface area contributed by atoms with Crippen LogP contribution >= 0.6 is 23.2 Å². The van der Waals surface area contributed by atoms with E-state index >= 15 is 0 Å². The van der Waals surface area contributed by atoms with Crippen LogP contribution in [-0.4, -0.2) is 30.6 Å². The van der Waals surface area contributed by atoms with Gasteiger partial charge in [0, 0.05) is 17.3 Å². The summed E-state index contributed by atoms with van der Waals surface area (Å²) in [5, 5.41) is 14.8. The van der Waals surface area contributed by atoms with Gasteiger partial charge in [-0.2, -0.15) is 0 Å². The summed E-state index contributed by atoms with van der Waals surface area (Å²) in [7, 11) is -3.95. The number of nitrogens with one attached hydrogen (secondary N) is 2. The van der Waals surface area contributed by atoms with E-state index in [2.05, 4.69) is 17.6 Å². The minimum Gasteiger partial charge on any atom is -0.506 e. The molecular formula is C35H44Cl2N2O5S. The van der Waals surface area contributed by atoms with Crippen molar-refractivity contribution in [3.05, 3.63) is 81.8 Å². The molecule has 45 heavy (non-hydrogen) atoms. The molecule has 244 valence electrons. The number of amides is 2. The van der Waals surface area contributed by atoms with E-state index in [0.29, 0.717) is 5.02 Å². The van der Waals surface area contributed by atoms with Crippen LogP contribution < -0.4 is 10.6 Å². The molecule has 3 N–H and O–H groups in total. The lowest BCUT2D eigenvalue weighted by Crippen LogP contribution is -2.34. The molecule has 0 radical (unpaired) electrons. The highest BCUT2D eigenvalue weighted by Crippen LogP contribution is 2.29. The van der Waals surface area contributed by atoms with Gasteiger partial charge >= 0.3 is 0 Å². The van der Waals surface area contributed by atoms with Crippen molar-refractivity contribution < 1.29 is 23.1 Å². The standard InChI is InChI=1S/C35H44Cl2N2O5S/c1-3-5-6-7-8-9-10-11-12-13-14-25-15-19-28(20-16-25)45(43,44)33(4-2)35(42)38-27-18-22-31(32(40)24-27)39-34(41)26-17-21-29(36)30(37)23-26/h15-24,33,40H,3-14H2,1-2H3,(H,38,42)(H,39,41). The van der Waals surface area contributed by atoms with Crippen LogP contribution in [0.25, 0.3) is 0 Å². The Kier molecular flexibility index (Phi) is 14.7. The molecule has 0 spiro atoms. The third-order valence-electron chi connectivity index (χ3n) is 7.80. The van der Waals surface area contributed by atoms with Gasteiger partial charge in [0.1, 0.15) is 11.0 Å². The predicted molar refractivity (Wildman–Crippen MR) is 184 cm³/mol. The number of unbranched alkanes of at least 4 members (excludes halogenated alkanes) is 9. The molecular weight excluding hydrogens is 631 g/mol. The number of anilines is 2. The number of halogens is 2. The largest absolute Gasteiger partial charge is 0.506 e. The first-order valence-corrected chi connectivity index (χ1v) is 18.1. The second-order valence-corrected chi connectivity index (χ2v) is 14.3. The summed E-state index contributed by atoms with van der Waals surface area (Å²) < 4.78 is 26.8. The lowest BCUT2D eigenvalue weighted by Gasteiger charge is -2.17. The highest BCUT2D eigenvalue weighted by Gasteiger charge is 2.32. The van der Waals surface area contributed by atoms with E-state index in [0.717, 1.165) is 24.8 Å². The van der Waals surface area contributed by atoms with Crippen LogP contribution in [0.2, 0.25) is 10.0 Å². The summed E-state index contributed by atoms with van der Waals surface area (Å²) >= 11 is 11.9. The third-order valence-corrected chi connectivity index (χ3v) is 10.8. The molecule has 1 atom stereocenters.